The van der Waals surface area contributed by atoms with E-state index in [1.54, 1.807) is 6.08 Å². The average molecular weight is 230 g/mol. The van der Waals surface area contributed by atoms with Crippen molar-refractivity contribution >= 4 is 17.8 Å². The fourth-order valence-electron chi connectivity index (χ4n) is 0.908. The predicted molar refractivity (Wildman–Crippen MR) is 54.9 cm³/mol. The van der Waals surface area contributed by atoms with Crippen molar-refractivity contribution in [2.45, 2.75) is 12.5 Å². The summed E-state index contributed by atoms with van der Waals surface area (Å²) in [7, 11) is 0. The highest BCUT2D eigenvalue weighted by atomic mass is 16.4. The van der Waals surface area contributed by atoms with Crippen LogP contribution in [0.5, 0.6) is 0 Å². The predicted octanol–water partition coefficient (Wildman–Crippen LogP) is -1.19. The molecule has 0 radical (unpaired) electrons. The van der Waals surface area contributed by atoms with Crippen LogP contribution in [0, 0.1) is 0 Å². The highest BCUT2D eigenvalue weighted by Gasteiger charge is 2.22. The third kappa shape index (κ3) is 6.55. The van der Waals surface area contributed by atoms with E-state index in [-0.39, 0.29) is 6.54 Å². The second-order valence-electron chi connectivity index (χ2n) is 2.98. The van der Waals surface area contributed by atoms with E-state index >= 15 is 0 Å². The maximum Gasteiger partial charge on any atom is 0.326 e. The summed E-state index contributed by atoms with van der Waals surface area (Å²) in [6.45, 7) is 3.74. The van der Waals surface area contributed by atoms with Gasteiger partial charge in [0, 0.05) is 6.54 Å². The Morgan fingerprint density at radius 2 is 1.94 bits per heavy atom. The zero-order chi connectivity index (χ0) is 12.6. The van der Waals surface area contributed by atoms with Crippen molar-refractivity contribution in [1.82, 2.24) is 10.6 Å². The highest BCUT2D eigenvalue weighted by Crippen LogP contribution is 1.92. The monoisotopic (exact) mass is 230 g/mol. The summed E-state index contributed by atoms with van der Waals surface area (Å²) >= 11 is 0. The number of rotatable bonds is 8. The number of hydrogen-bond donors (Lipinski definition) is 4. The van der Waals surface area contributed by atoms with Crippen molar-refractivity contribution in [3.63, 3.8) is 0 Å². The van der Waals surface area contributed by atoms with E-state index in [4.69, 9.17) is 10.2 Å². The summed E-state index contributed by atoms with van der Waals surface area (Å²) in [6.07, 6.45) is 0.891. The van der Waals surface area contributed by atoms with Gasteiger partial charge in [0.25, 0.3) is 0 Å². The number of carbonyl (C=O) groups excluding carboxylic acids is 1. The van der Waals surface area contributed by atoms with Gasteiger partial charge < -0.3 is 20.8 Å². The van der Waals surface area contributed by atoms with E-state index in [1.165, 1.54) is 0 Å². The zero-order valence-electron chi connectivity index (χ0n) is 8.60. The van der Waals surface area contributed by atoms with Gasteiger partial charge in [0.2, 0.25) is 5.91 Å². The number of carboxylic acids is 2. The van der Waals surface area contributed by atoms with Crippen molar-refractivity contribution in [3.05, 3.63) is 12.7 Å². The molecule has 16 heavy (non-hydrogen) atoms. The van der Waals surface area contributed by atoms with Gasteiger partial charge in [-0.1, -0.05) is 6.08 Å². The van der Waals surface area contributed by atoms with Crippen molar-refractivity contribution in [2.24, 2.45) is 0 Å². The Morgan fingerprint density at radius 3 is 2.38 bits per heavy atom. The fourth-order valence-corrected chi connectivity index (χ4v) is 0.908. The Kier molecular flexibility index (Phi) is 6.53. The molecule has 0 aliphatic heterocycles. The first-order valence-corrected chi connectivity index (χ1v) is 4.53. The molecule has 0 rings (SSSR count). The molecule has 7 heteroatoms. The molecule has 0 bridgehead atoms. The molecule has 4 N–H and O–H groups in total. The van der Waals surface area contributed by atoms with Crippen LogP contribution in [0.15, 0.2) is 12.7 Å². The van der Waals surface area contributed by atoms with Crippen LogP contribution < -0.4 is 10.6 Å². The van der Waals surface area contributed by atoms with Crippen LogP contribution in [-0.2, 0) is 14.4 Å². The lowest BCUT2D eigenvalue weighted by molar-refractivity contribution is -0.147. The summed E-state index contributed by atoms with van der Waals surface area (Å²) in [4.78, 5) is 32.0. The molecule has 0 fully saturated rings. The average Bonchev–Trinajstić information content (AvgIpc) is 2.16. The lowest BCUT2D eigenvalue weighted by atomic mass is 10.2. The molecule has 0 saturated heterocycles. The van der Waals surface area contributed by atoms with Gasteiger partial charge in [-0.25, -0.2) is 4.79 Å². The molecule has 0 spiro atoms. The summed E-state index contributed by atoms with van der Waals surface area (Å²) in [5.74, 6) is -3.23. The van der Waals surface area contributed by atoms with Crippen molar-refractivity contribution in [1.29, 1.82) is 0 Å². The van der Waals surface area contributed by atoms with Crippen LogP contribution >= 0.6 is 0 Å². The normalized spacial score (nSPS) is 11.5. The number of carbonyl (C=O) groups is 3. The highest BCUT2D eigenvalue weighted by molar-refractivity contribution is 5.87. The lowest BCUT2D eigenvalue weighted by Gasteiger charge is -2.12. The first-order chi connectivity index (χ1) is 7.47. The van der Waals surface area contributed by atoms with Crippen LogP contribution in [0.4, 0.5) is 0 Å². The van der Waals surface area contributed by atoms with Gasteiger partial charge in [0.1, 0.15) is 6.04 Å². The summed E-state index contributed by atoms with van der Waals surface area (Å²) in [6, 6.07) is -1.41. The molecular weight excluding hydrogens is 216 g/mol. The molecule has 0 aromatic heterocycles. The quantitative estimate of drug-likeness (QED) is 0.307. The van der Waals surface area contributed by atoms with Gasteiger partial charge in [-0.2, -0.15) is 0 Å². The Morgan fingerprint density at radius 1 is 1.31 bits per heavy atom. The molecule has 1 atom stereocenters. The van der Waals surface area contributed by atoms with Crippen LogP contribution in [0.25, 0.3) is 0 Å². The van der Waals surface area contributed by atoms with E-state index in [0.717, 1.165) is 0 Å². The lowest BCUT2D eigenvalue weighted by Crippen LogP contribution is -2.45. The number of hydrogen-bond acceptors (Lipinski definition) is 4. The number of nitrogens with one attached hydrogen (secondary N) is 2. The van der Waals surface area contributed by atoms with Gasteiger partial charge in [0.05, 0.1) is 13.0 Å². The molecule has 90 valence electrons. The molecule has 0 heterocycles. The van der Waals surface area contributed by atoms with E-state index in [2.05, 4.69) is 17.2 Å². The van der Waals surface area contributed by atoms with Crippen LogP contribution in [0.2, 0.25) is 0 Å². The van der Waals surface area contributed by atoms with Gasteiger partial charge >= 0.3 is 11.9 Å². The smallest absolute Gasteiger partial charge is 0.326 e. The summed E-state index contributed by atoms with van der Waals surface area (Å²) in [5, 5.41) is 21.8. The minimum Gasteiger partial charge on any atom is -0.481 e. The van der Waals surface area contributed by atoms with E-state index < -0.39 is 30.3 Å². The van der Waals surface area contributed by atoms with Gasteiger partial charge in [-0.15, -0.1) is 6.58 Å². The molecule has 0 saturated carbocycles. The Hall–Kier alpha value is -1.89. The summed E-state index contributed by atoms with van der Waals surface area (Å²) in [5.41, 5.74) is 0. The Bertz CT molecular complexity index is 290. The minimum absolute atomic E-state index is 0.0879. The van der Waals surface area contributed by atoms with Crippen LogP contribution in [0.3, 0.4) is 0 Å². The first-order valence-electron chi connectivity index (χ1n) is 4.53. The third-order valence-corrected chi connectivity index (χ3v) is 1.59. The number of aliphatic carboxylic acids is 2. The Labute approximate surface area is 92.1 Å². The minimum atomic E-state index is -1.41. The standard InChI is InChI=1S/C9H14N2O5/c1-2-3-10-5-7(12)11-6(9(15)16)4-8(13)14/h2,6,10H,1,3-5H2,(H,11,12)(H,13,14)(H,15,16). The van der Waals surface area contributed by atoms with E-state index in [9.17, 15) is 14.4 Å². The largest absolute Gasteiger partial charge is 0.481 e. The van der Waals surface area contributed by atoms with Gasteiger partial charge in [-0.3, -0.25) is 9.59 Å². The topological polar surface area (TPSA) is 116 Å². The second kappa shape index (κ2) is 7.41. The maximum absolute atomic E-state index is 11.2. The van der Waals surface area contributed by atoms with Crippen molar-refractivity contribution in [3.8, 4) is 0 Å². The van der Waals surface area contributed by atoms with Crippen molar-refractivity contribution in [2.75, 3.05) is 13.1 Å². The fraction of sp³-hybridized carbons (Fsp3) is 0.444. The molecule has 0 aliphatic carbocycles. The molecule has 7 nitrogen and oxygen atoms in total. The first kappa shape index (κ1) is 14.1. The maximum atomic E-state index is 11.2. The SMILES string of the molecule is C=CCNCC(=O)NC(CC(=O)O)C(=O)O. The second-order valence-corrected chi connectivity index (χ2v) is 2.98. The summed E-state index contributed by atoms with van der Waals surface area (Å²) < 4.78 is 0. The molecule has 1 unspecified atom stereocenters. The zero-order valence-corrected chi connectivity index (χ0v) is 8.60. The Balaban J connectivity index is 4.08. The molecule has 0 aromatic rings. The molecule has 0 aliphatic rings. The molecule has 0 aromatic carbocycles. The van der Waals surface area contributed by atoms with E-state index in [0.29, 0.717) is 6.54 Å². The van der Waals surface area contributed by atoms with Gasteiger partial charge in [-0.05, 0) is 0 Å². The van der Waals surface area contributed by atoms with E-state index in [1.807, 2.05) is 0 Å². The van der Waals surface area contributed by atoms with Gasteiger partial charge in [0.15, 0.2) is 0 Å². The van der Waals surface area contributed by atoms with Crippen molar-refractivity contribution < 1.29 is 24.6 Å². The van der Waals surface area contributed by atoms with Crippen LogP contribution in [-0.4, -0.2) is 47.2 Å². The molecular formula is C9H14N2O5. The molecule has 1 amide bonds. The third-order valence-electron chi connectivity index (χ3n) is 1.59. The van der Waals surface area contributed by atoms with Crippen LogP contribution in [0.1, 0.15) is 6.42 Å². The number of amides is 1. The number of carboxylic acid groups (broad SMARTS) is 2.